The standard InChI is InChI=1S/C16H18F3N/c1-10-7-12(16(17,18)19)5-6-15(10)11-8-13-3-2-4-14(9-11)20-13/h5-8,13-14,20H,2-4,9H2,1H3. The molecule has 1 nitrogen and oxygen atoms in total. The quantitative estimate of drug-likeness (QED) is 0.808. The molecule has 2 aliphatic rings. The lowest BCUT2D eigenvalue weighted by molar-refractivity contribution is -0.137. The van der Waals surface area contributed by atoms with Gasteiger partial charge in [0, 0.05) is 12.1 Å². The van der Waals surface area contributed by atoms with Crippen LogP contribution in [0.4, 0.5) is 13.2 Å². The summed E-state index contributed by atoms with van der Waals surface area (Å²) in [5, 5.41) is 3.55. The summed E-state index contributed by atoms with van der Waals surface area (Å²) >= 11 is 0. The third-order valence-corrected chi connectivity index (χ3v) is 4.29. The second kappa shape index (κ2) is 4.92. The summed E-state index contributed by atoms with van der Waals surface area (Å²) in [5.74, 6) is 0. The Bertz CT molecular complexity index is 545. The Labute approximate surface area is 116 Å². The Morgan fingerprint density at radius 1 is 1.20 bits per heavy atom. The monoisotopic (exact) mass is 281 g/mol. The van der Waals surface area contributed by atoms with E-state index in [2.05, 4.69) is 11.4 Å². The van der Waals surface area contributed by atoms with Gasteiger partial charge in [-0.15, -0.1) is 0 Å². The number of benzene rings is 1. The number of aryl methyl sites for hydroxylation is 1. The molecular formula is C16H18F3N. The first-order chi connectivity index (χ1) is 9.43. The van der Waals surface area contributed by atoms with Crippen molar-refractivity contribution in [3.8, 4) is 0 Å². The fourth-order valence-corrected chi connectivity index (χ4v) is 3.32. The van der Waals surface area contributed by atoms with Gasteiger partial charge in [-0.25, -0.2) is 0 Å². The molecule has 108 valence electrons. The van der Waals surface area contributed by atoms with Crippen LogP contribution in [0.5, 0.6) is 0 Å². The molecule has 2 atom stereocenters. The van der Waals surface area contributed by atoms with Crippen molar-refractivity contribution >= 4 is 5.57 Å². The largest absolute Gasteiger partial charge is 0.416 e. The van der Waals surface area contributed by atoms with Crippen molar-refractivity contribution in [3.63, 3.8) is 0 Å². The van der Waals surface area contributed by atoms with E-state index in [4.69, 9.17) is 0 Å². The first kappa shape index (κ1) is 13.7. The van der Waals surface area contributed by atoms with Gasteiger partial charge in [0.15, 0.2) is 0 Å². The zero-order chi connectivity index (χ0) is 14.3. The van der Waals surface area contributed by atoms with Crippen LogP contribution >= 0.6 is 0 Å². The van der Waals surface area contributed by atoms with E-state index in [1.807, 2.05) is 0 Å². The highest BCUT2D eigenvalue weighted by atomic mass is 19.4. The number of halogens is 3. The third kappa shape index (κ3) is 2.62. The lowest BCUT2D eigenvalue weighted by Crippen LogP contribution is -2.44. The summed E-state index contributed by atoms with van der Waals surface area (Å²) in [6.07, 6.45) is 2.38. The molecule has 1 aromatic carbocycles. The van der Waals surface area contributed by atoms with Gasteiger partial charge in [-0.3, -0.25) is 0 Å². The van der Waals surface area contributed by atoms with E-state index in [1.54, 1.807) is 13.0 Å². The number of rotatable bonds is 1. The van der Waals surface area contributed by atoms with E-state index in [9.17, 15) is 13.2 Å². The summed E-state index contributed by atoms with van der Waals surface area (Å²) in [6, 6.07) is 4.95. The smallest absolute Gasteiger partial charge is 0.307 e. The van der Waals surface area contributed by atoms with Crippen LogP contribution in [0.15, 0.2) is 24.3 Å². The molecule has 2 bridgehead atoms. The van der Waals surface area contributed by atoms with Crippen LogP contribution in [0, 0.1) is 6.92 Å². The first-order valence-corrected chi connectivity index (χ1v) is 7.08. The van der Waals surface area contributed by atoms with Crippen LogP contribution in [0.2, 0.25) is 0 Å². The van der Waals surface area contributed by atoms with Crippen molar-refractivity contribution in [1.29, 1.82) is 0 Å². The topological polar surface area (TPSA) is 12.0 Å². The normalized spacial score (nSPS) is 26.3. The number of hydrogen-bond donors (Lipinski definition) is 1. The second-order valence-electron chi connectivity index (χ2n) is 5.82. The Kier molecular flexibility index (Phi) is 3.36. The van der Waals surface area contributed by atoms with Gasteiger partial charge in [-0.2, -0.15) is 13.2 Å². The molecule has 2 unspecified atom stereocenters. The molecule has 0 aliphatic carbocycles. The molecule has 1 N–H and O–H groups in total. The van der Waals surface area contributed by atoms with E-state index in [1.165, 1.54) is 24.1 Å². The van der Waals surface area contributed by atoms with E-state index in [0.717, 1.165) is 24.8 Å². The van der Waals surface area contributed by atoms with Crippen LogP contribution in [0.3, 0.4) is 0 Å². The van der Waals surface area contributed by atoms with Crippen LogP contribution < -0.4 is 5.32 Å². The molecule has 0 amide bonds. The highest BCUT2D eigenvalue weighted by molar-refractivity contribution is 5.70. The summed E-state index contributed by atoms with van der Waals surface area (Å²) in [5.41, 5.74) is 2.32. The minimum Gasteiger partial charge on any atom is -0.307 e. The molecule has 1 fully saturated rings. The van der Waals surface area contributed by atoms with Crippen LogP contribution in [0.1, 0.15) is 42.4 Å². The molecule has 2 heterocycles. The number of fused-ring (bicyclic) bond motifs is 2. The predicted molar refractivity (Wildman–Crippen MR) is 73.3 cm³/mol. The van der Waals surface area contributed by atoms with E-state index < -0.39 is 11.7 Å². The average molecular weight is 281 g/mol. The van der Waals surface area contributed by atoms with Gasteiger partial charge < -0.3 is 5.32 Å². The Hall–Kier alpha value is -1.29. The zero-order valence-corrected chi connectivity index (χ0v) is 11.4. The number of alkyl halides is 3. The summed E-state index contributed by atoms with van der Waals surface area (Å²) < 4.78 is 38.1. The summed E-state index contributed by atoms with van der Waals surface area (Å²) in [7, 11) is 0. The van der Waals surface area contributed by atoms with E-state index in [-0.39, 0.29) is 0 Å². The molecule has 1 saturated heterocycles. The minimum absolute atomic E-state index is 0.388. The Balaban J connectivity index is 1.93. The second-order valence-corrected chi connectivity index (χ2v) is 5.82. The Morgan fingerprint density at radius 3 is 2.65 bits per heavy atom. The highest BCUT2D eigenvalue weighted by Crippen LogP contribution is 2.35. The number of piperidine rings is 1. The van der Waals surface area contributed by atoms with Crippen LogP contribution in [-0.4, -0.2) is 12.1 Å². The molecular weight excluding hydrogens is 263 g/mol. The highest BCUT2D eigenvalue weighted by Gasteiger charge is 2.31. The average Bonchev–Trinajstić information content (AvgIpc) is 2.37. The molecule has 2 aliphatic heterocycles. The third-order valence-electron chi connectivity index (χ3n) is 4.29. The lowest BCUT2D eigenvalue weighted by atomic mass is 9.83. The Morgan fingerprint density at radius 2 is 2.00 bits per heavy atom. The van der Waals surface area contributed by atoms with Crippen molar-refractivity contribution in [1.82, 2.24) is 5.32 Å². The van der Waals surface area contributed by atoms with Crippen molar-refractivity contribution in [2.24, 2.45) is 0 Å². The predicted octanol–water partition coefficient (Wildman–Crippen LogP) is 4.31. The molecule has 0 aromatic heterocycles. The van der Waals surface area contributed by atoms with Gasteiger partial charge in [0.25, 0.3) is 0 Å². The molecule has 3 rings (SSSR count). The van der Waals surface area contributed by atoms with Crippen molar-refractivity contribution in [3.05, 3.63) is 41.0 Å². The van der Waals surface area contributed by atoms with Crippen molar-refractivity contribution in [2.75, 3.05) is 0 Å². The van der Waals surface area contributed by atoms with Gasteiger partial charge >= 0.3 is 6.18 Å². The fourth-order valence-electron chi connectivity index (χ4n) is 3.32. The van der Waals surface area contributed by atoms with E-state index >= 15 is 0 Å². The maximum atomic E-state index is 12.7. The molecule has 1 aromatic rings. The molecule has 0 saturated carbocycles. The molecule has 4 heteroatoms. The number of hydrogen-bond acceptors (Lipinski definition) is 1. The van der Waals surface area contributed by atoms with Gasteiger partial charge in [0.2, 0.25) is 0 Å². The maximum absolute atomic E-state index is 12.7. The molecule has 0 spiro atoms. The number of nitrogens with one attached hydrogen (secondary N) is 1. The lowest BCUT2D eigenvalue weighted by Gasteiger charge is -2.35. The van der Waals surface area contributed by atoms with Crippen LogP contribution in [-0.2, 0) is 6.18 Å². The van der Waals surface area contributed by atoms with Gasteiger partial charge in [-0.1, -0.05) is 18.6 Å². The maximum Gasteiger partial charge on any atom is 0.416 e. The van der Waals surface area contributed by atoms with Gasteiger partial charge in [-0.05, 0) is 55.0 Å². The van der Waals surface area contributed by atoms with Crippen LogP contribution in [0.25, 0.3) is 5.57 Å². The van der Waals surface area contributed by atoms with Crippen molar-refractivity contribution < 1.29 is 13.2 Å². The van der Waals surface area contributed by atoms with E-state index in [0.29, 0.717) is 17.6 Å². The van der Waals surface area contributed by atoms with Gasteiger partial charge in [0.05, 0.1) is 5.56 Å². The minimum atomic E-state index is -4.26. The fraction of sp³-hybridized carbons (Fsp3) is 0.500. The summed E-state index contributed by atoms with van der Waals surface area (Å²) in [4.78, 5) is 0. The SMILES string of the molecule is Cc1cc(C(F)(F)F)ccc1C1=CC2CCCC(C1)N2. The zero-order valence-electron chi connectivity index (χ0n) is 11.4. The molecule has 20 heavy (non-hydrogen) atoms. The summed E-state index contributed by atoms with van der Waals surface area (Å²) in [6.45, 7) is 1.77. The first-order valence-electron chi connectivity index (χ1n) is 7.08. The van der Waals surface area contributed by atoms with Crippen molar-refractivity contribution in [2.45, 2.75) is 50.9 Å². The molecule has 0 radical (unpaired) electrons. The van der Waals surface area contributed by atoms with Gasteiger partial charge in [0.1, 0.15) is 0 Å².